The molecule has 1 amide bonds. The van der Waals surface area contributed by atoms with Crippen molar-refractivity contribution in [3.8, 4) is 11.5 Å². The first-order valence-corrected chi connectivity index (χ1v) is 8.93. The van der Waals surface area contributed by atoms with Crippen LogP contribution in [0.2, 0.25) is 5.02 Å². The number of carboxylic acid groups (broad SMARTS) is 1. The van der Waals surface area contributed by atoms with E-state index >= 15 is 0 Å². The van der Waals surface area contributed by atoms with Crippen LogP contribution >= 0.6 is 11.6 Å². The number of halogens is 1. The summed E-state index contributed by atoms with van der Waals surface area (Å²) in [4.78, 5) is 28.3. The Morgan fingerprint density at radius 1 is 1.37 bits per heavy atom. The van der Waals surface area contributed by atoms with Crippen LogP contribution in [0.15, 0.2) is 36.5 Å². The number of anilines is 1. The molecule has 0 saturated heterocycles. The summed E-state index contributed by atoms with van der Waals surface area (Å²) in [6.45, 7) is 4.13. The number of benzene rings is 1. The van der Waals surface area contributed by atoms with Crippen LogP contribution in [-0.4, -0.2) is 35.1 Å². The van der Waals surface area contributed by atoms with Crippen LogP contribution in [0.1, 0.15) is 26.0 Å². The van der Waals surface area contributed by atoms with Crippen molar-refractivity contribution in [2.75, 3.05) is 18.1 Å². The van der Waals surface area contributed by atoms with E-state index in [0.29, 0.717) is 22.2 Å². The van der Waals surface area contributed by atoms with E-state index in [1.54, 1.807) is 18.3 Å². The maximum absolute atomic E-state index is 12.0. The molecule has 1 N–H and O–H groups in total. The minimum absolute atomic E-state index is 0.0506. The molecule has 0 saturated carbocycles. The number of hydrogen-bond acceptors (Lipinski definition) is 5. The third-order valence-electron chi connectivity index (χ3n) is 3.61. The Balaban J connectivity index is 0.00000126. The molecule has 8 heteroatoms. The van der Waals surface area contributed by atoms with Gasteiger partial charge in [-0.2, -0.15) is 0 Å². The molecular formula is C19H21ClN2O5. The van der Waals surface area contributed by atoms with Gasteiger partial charge < -0.3 is 19.5 Å². The lowest BCUT2D eigenvalue weighted by atomic mass is 10.2. The monoisotopic (exact) mass is 392 g/mol. The van der Waals surface area contributed by atoms with E-state index in [1.165, 1.54) is 4.90 Å². The van der Waals surface area contributed by atoms with Crippen LogP contribution < -0.4 is 14.4 Å². The summed E-state index contributed by atoms with van der Waals surface area (Å²) in [7, 11) is 0. The first-order chi connectivity index (χ1) is 13.0. The molecule has 0 aliphatic carbocycles. The van der Waals surface area contributed by atoms with Crippen molar-refractivity contribution in [2.24, 2.45) is 0 Å². The molecule has 0 radical (unpaired) electrons. The minimum atomic E-state index is -0.984. The zero-order valence-electron chi connectivity index (χ0n) is 15.1. The van der Waals surface area contributed by atoms with E-state index in [2.05, 4.69) is 4.98 Å². The first-order valence-electron chi connectivity index (χ1n) is 8.56. The Bertz CT molecular complexity index is 798. The number of pyridine rings is 1. The number of nitrogens with zero attached hydrogens (tertiary/aromatic N) is 2. The molecule has 2 heterocycles. The van der Waals surface area contributed by atoms with Crippen molar-refractivity contribution >= 4 is 29.2 Å². The number of aliphatic carboxylic acids is 1. The largest absolute Gasteiger partial charge is 0.486 e. The average Bonchev–Trinajstić information content (AvgIpc) is 2.68. The zero-order chi connectivity index (χ0) is 19.8. The third kappa shape index (κ3) is 5.34. The molecule has 0 fully saturated rings. The third-order valence-corrected chi connectivity index (χ3v) is 3.90. The van der Waals surface area contributed by atoms with Gasteiger partial charge in [0.05, 0.1) is 22.8 Å². The van der Waals surface area contributed by atoms with Gasteiger partial charge in [-0.1, -0.05) is 31.5 Å². The molecule has 1 aliphatic heterocycles. The number of carbonyl (C=O) groups excluding carboxylic acids is 1. The van der Waals surface area contributed by atoms with Crippen LogP contribution in [0, 0.1) is 0 Å². The van der Waals surface area contributed by atoms with Gasteiger partial charge in [0.2, 0.25) is 0 Å². The second-order valence-corrected chi connectivity index (χ2v) is 5.75. The zero-order valence-corrected chi connectivity index (χ0v) is 15.9. The topological polar surface area (TPSA) is 89.0 Å². The maximum Gasteiger partial charge on any atom is 0.305 e. The van der Waals surface area contributed by atoms with Crippen molar-refractivity contribution in [1.82, 2.24) is 4.98 Å². The van der Waals surface area contributed by atoms with E-state index in [-0.39, 0.29) is 32.1 Å². The molecule has 0 spiro atoms. The molecule has 27 heavy (non-hydrogen) atoms. The number of carbonyl (C=O) groups is 2. The SMILES string of the molecule is CC.O=C(O)CCN1C(=O)COc2cc(OCc3ccccn3)c(Cl)cc21. The van der Waals surface area contributed by atoms with Gasteiger partial charge in [0.15, 0.2) is 6.61 Å². The number of ether oxygens (including phenoxy) is 2. The molecule has 0 bridgehead atoms. The van der Waals surface area contributed by atoms with E-state index in [4.69, 9.17) is 26.2 Å². The predicted molar refractivity (Wildman–Crippen MR) is 101 cm³/mol. The fourth-order valence-electron chi connectivity index (χ4n) is 2.40. The van der Waals surface area contributed by atoms with Gasteiger partial charge in [0.25, 0.3) is 5.91 Å². The second-order valence-electron chi connectivity index (χ2n) is 5.34. The smallest absolute Gasteiger partial charge is 0.305 e. The average molecular weight is 393 g/mol. The molecule has 1 aliphatic rings. The normalized spacial score (nSPS) is 12.4. The van der Waals surface area contributed by atoms with Crippen LogP contribution in [0.25, 0.3) is 0 Å². The number of hydrogen-bond donors (Lipinski definition) is 1. The van der Waals surface area contributed by atoms with Crippen molar-refractivity contribution in [3.05, 3.63) is 47.2 Å². The summed E-state index contributed by atoms with van der Waals surface area (Å²) in [5.74, 6) is -0.474. The van der Waals surface area contributed by atoms with Crippen molar-refractivity contribution < 1.29 is 24.2 Å². The fourth-order valence-corrected chi connectivity index (χ4v) is 2.61. The molecule has 7 nitrogen and oxygen atoms in total. The molecule has 3 rings (SSSR count). The van der Waals surface area contributed by atoms with Crippen LogP contribution in [0.4, 0.5) is 5.69 Å². The number of aromatic nitrogens is 1. The quantitative estimate of drug-likeness (QED) is 0.808. The first kappa shape index (κ1) is 20.5. The lowest BCUT2D eigenvalue weighted by molar-refractivity contribution is -0.136. The number of fused-ring (bicyclic) bond motifs is 1. The van der Waals surface area contributed by atoms with Crippen LogP contribution in [0.5, 0.6) is 11.5 Å². The van der Waals surface area contributed by atoms with Crippen LogP contribution in [0.3, 0.4) is 0 Å². The maximum atomic E-state index is 12.0. The Kier molecular flexibility index (Phi) is 7.43. The Hall–Kier alpha value is -2.80. The van der Waals surface area contributed by atoms with E-state index in [0.717, 1.165) is 5.69 Å². The number of rotatable bonds is 6. The summed E-state index contributed by atoms with van der Waals surface area (Å²) < 4.78 is 11.1. The highest BCUT2D eigenvalue weighted by molar-refractivity contribution is 6.32. The highest BCUT2D eigenvalue weighted by Crippen LogP contribution is 2.40. The second kappa shape index (κ2) is 9.78. The summed E-state index contributed by atoms with van der Waals surface area (Å²) in [5, 5.41) is 9.13. The van der Waals surface area contributed by atoms with Crippen LogP contribution in [-0.2, 0) is 16.2 Å². The molecule has 0 atom stereocenters. The van der Waals surface area contributed by atoms with E-state index in [9.17, 15) is 9.59 Å². The Labute approximate surface area is 162 Å². The van der Waals surface area contributed by atoms with Gasteiger partial charge >= 0.3 is 5.97 Å². The summed E-state index contributed by atoms with van der Waals surface area (Å²) in [5.41, 5.74) is 1.18. The summed E-state index contributed by atoms with van der Waals surface area (Å²) in [6, 6.07) is 8.64. The summed E-state index contributed by atoms with van der Waals surface area (Å²) in [6.07, 6.45) is 1.50. The van der Waals surface area contributed by atoms with Crippen molar-refractivity contribution in [3.63, 3.8) is 0 Å². The predicted octanol–water partition coefficient (Wildman–Crippen LogP) is 3.54. The Morgan fingerprint density at radius 2 is 2.15 bits per heavy atom. The fraction of sp³-hybridized carbons (Fsp3) is 0.316. The molecule has 1 aromatic carbocycles. The van der Waals surface area contributed by atoms with Gasteiger partial charge in [-0.05, 0) is 18.2 Å². The van der Waals surface area contributed by atoms with Crippen molar-refractivity contribution in [2.45, 2.75) is 26.9 Å². The highest BCUT2D eigenvalue weighted by atomic mass is 35.5. The highest BCUT2D eigenvalue weighted by Gasteiger charge is 2.27. The van der Waals surface area contributed by atoms with Gasteiger partial charge in [-0.25, -0.2) is 0 Å². The summed E-state index contributed by atoms with van der Waals surface area (Å²) >= 11 is 6.25. The number of amides is 1. The number of carboxylic acids is 1. The Morgan fingerprint density at radius 3 is 2.81 bits per heavy atom. The van der Waals surface area contributed by atoms with E-state index < -0.39 is 5.97 Å². The standard InChI is InChI=1S/C17H15ClN2O5.C2H6/c18-12-7-13-15(25-10-16(21)20(13)6-4-17(22)23)8-14(12)24-9-11-3-1-2-5-19-11;1-2/h1-3,5,7-8H,4,6,9-10H2,(H,22,23);1-2H3. The minimum Gasteiger partial charge on any atom is -0.486 e. The molecular weight excluding hydrogens is 372 g/mol. The molecule has 1 aromatic heterocycles. The lowest BCUT2D eigenvalue weighted by Crippen LogP contribution is -2.40. The molecule has 0 unspecified atom stereocenters. The molecule has 2 aromatic rings. The van der Waals surface area contributed by atoms with Gasteiger partial charge in [0, 0.05) is 18.8 Å². The lowest BCUT2D eigenvalue weighted by Gasteiger charge is -2.29. The van der Waals surface area contributed by atoms with Gasteiger partial charge in [0.1, 0.15) is 18.1 Å². The van der Waals surface area contributed by atoms with Gasteiger partial charge in [-0.3, -0.25) is 14.6 Å². The van der Waals surface area contributed by atoms with Crippen molar-refractivity contribution in [1.29, 1.82) is 0 Å². The molecule has 144 valence electrons. The van der Waals surface area contributed by atoms with E-state index in [1.807, 2.05) is 32.0 Å². The van der Waals surface area contributed by atoms with Gasteiger partial charge in [-0.15, -0.1) is 0 Å².